The first-order chi connectivity index (χ1) is 12.8. The Morgan fingerprint density at radius 3 is 2.52 bits per heavy atom. The standard InChI is InChI=1S/C19H9ClF3N3O/c1-2-17(24)26-19(27)9-3-4-10-11(5-9)18(25-8-13(10)20)12-6-15(22)16(23)7-14(12)21/h1,3-8H,(H2,24,26,27). The number of halogens is 4. The lowest BCUT2D eigenvalue weighted by molar-refractivity contribution is 0.100. The average Bonchev–Trinajstić information content (AvgIpc) is 2.65. The second-order valence-corrected chi connectivity index (χ2v) is 5.82. The number of aliphatic imine (C=N–C) groups is 1. The summed E-state index contributed by atoms with van der Waals surface area (Å²) >= 11 is 6.10. The van der Waals surface area contributed by atoms with E-state index in [0.29, 0.717) is 17.5 Å². The van der Waals surface area contributed by atoms with Crippen LogP contribution in [0.2, 0.25) is 5.02 Å². The Morgan fingerprint density at radius 1 is 1.11 bits per heavy atom. The highest BCUT2D eigenvalue weighted by molar-refractivity contribution is 6.35. The third-order valence-electron chi connectivity index (χ3n) is 3.72. The van der Waals surface area contributed by atoms with Crippen LogP contribution in [-0.4, -0.2) is 16.7 Å². The lowest BCUT2D eigenvalue weighted by Crippen LogP contribution is -2.11. The highest BCUT2D eigenvalue weighted by Crippen LogP contribution is 2.34. The summed E-state index contributed by atoms with van der Waals surface area (Å²) in [5, 5.41) is 0.895. The van der Waals surface area contributed by atoms with Crippen LogP contribution < -0.4 is 5.73 Å². The van der Waals surface area contributed by atoms with Gasteiger partial charge in [-0.15, -0.1) is 6.42 Å². The number of carbonyl (C=O) groups excluding carboxylic acids is 1. The molecule has 0 spiro atoms. The molecule has 1 amide bonds. The van der Waals surface area contributed by atoms with Gasteiger partial charge in [-0.1, -0.05) is 17.7 Å². The van der Waals surface area contributed by atoms with Crippen molar-refractivity contribution in [3.05, 3.63) is 64.6 Å². The first kappa shape index (κ1) is 18.4. The van der Waals surface area contributed by atoms with Gasteiger partial charge in [-0.25, -0.2) is 13.2 Å². The molecule has 8 heteroatoms. The van der Waals surface area contributed by atoms with Crippen molar-refractivity contribution in [2.75, 3.05) is 0 Å². The van der Waals surface area contributed by atoms with Gasteiger partial charge in [0, 0.05) is 34.2 Å². The molecule has 4 nitrogen and oxygen atoms in total. The largest absolute Gasteiger partial charge is 0.376 e. The zero-order valence-corrected chi connectivity index (χ0v) is 14.2. The first-order valence-corrected chi connectivity index (χ1v) is 7.78. The molecule has 0 saturated heterocycles. The monoisotopic (exact) mass is 387 g/mol. The van der Waals surface area contributed by atoms with E-state index in [1.165, 1.54) is 24.4 Å². The Balaban J connectivity index is 2.27. The Labute approximate surface area is 156 Å². The third kappa shape index (κ3) is 3.48. The number of aromatic nitrogens is 1. The summed E-state index contributed by atoms with van der Waals surface area (Å²) in [5.74, 6) is -2.61. The van der Waals surface area contributed by atoms with Gasteiger partial charge in [0.25, 0.3) is 5.91 Å². The second-order valence-electron chi connectivity index (χ2n) is 5.41. The minimum Gasteiger partial charge on any atom is -0.376 e. The van der Waals surface area contributed by atoms with Gasteiger partial charge in [-0.2, -0.15) is 4.99 Å². The summed E-state index contributed by atoms with van der Waals surface area (Å²) in [4.78, 5) is 19.7. The van der Waals surface area contributed by atoms with E-state index in [4.69, 9.17) is 23.8 Å². The van der Waals surface area contributed by atoms with E-state index in [1.54, 1.807) is 0 Å². The molecular formula is C19H9ClF3N3O. The van der Waals surface area contributed by atoms with Crippen molar-refractivity contribution in [1.29, 1.82) is 0 Å². The van der Waals surface area contributed by atoms with Crippen molar-refractivity contribution in [3.63, 3.8) is 0 Å². The molecule has 3 aromatic rings. The van der Waals surface area contributed by atoms with Crippen LogP contribution in [0, 0.1) is 29.8 Å². The Hall–Kier alpha value is -3.37. The van der Waals surface area contributed by atoms with E-state index in [2.05, 4.69) is 9.98 Å². The molecule has 27 heavy (non-hydrogen) atoms. The number of terminal acetylenes is 1. The molecule has 0 bridgehead atoms. The molecule has 0 aliphatic rings. The van der Waals surface area contributed by atoms with Crippen molar-refractivity contribution >= 4 is 34.1 Å². The van der Waals surface area contributed by atoms with Gasteiger partial charge in [-0.05, 0) is 24.1 Å². The molecular weight excluding hydrogens is 379 g/mol. The Morgan fingerprint density at radius 2 is 1.81 bits per heavy atom. The predicted molar refractivity (Wildman–Crippen MR) is 96.8 cm³/mol. The van der Waals surface area contributed by atoms with Crippen LogP contribution in [-0.2, 0) is 0 Å². The molecule has 1 aromatic heterocycles. The number of nitrogens with two attached hydrogens (primary N) is 1. The summed E-state index contributed by atoms with van der Waals surface area (Å²) in [7, 11) is 0. The minimum atomic E-state index is -1.33. The fourth-order valence-corrected chi connectivity index (χ4v) is 2.68. The van der Waals surface area contributed by atoms with Gasteiger partial charge in [-0.3, -0.25) is 9.78 Å². The van der Waals surface area contributed by atoms with Crippen molar-refractivity contribution in [3.8, 4) is 23.6 Å². The van der Waals surface area contributed by atoms with Gasteiger partial charge in [0.05, 0.1) is 10.7 Å². The second kappa shape index (κ2) is 7.09. The van der Waals surface area contributed by atoms with E-state index in [-0.39, 0.29) is 33.1 Å². The summed E-state index contributed by atoms with van der Waals surface area (Å²) in [5.41, 5.74) is 5.13. The van der Waals surface area contributed by atoms with Crippen LogP contribution in [0.4, 0.5) is 13.2 Å². The van der Waals surface area contributed by atoms with Gasteiger partial charge in [0.15, 0.2) is 17.5 Å². The van der Waals surface area contributed by atoms with Crippen molar-refractivity contribution < 1.29 is 18.0 Å². The molecule has 134 valence electrons. The number of rotatable bonds is 2. The van der Waals surface area contributed by atoms with Crippen LogP contribution in [0.25, 0.3) is 22.0 Å². The maximum absolute atomic E-state index is 14.2. The first-order valence-electron chi connectivity index (χ1n) is 7.40. The molecule has 0 saturated carbocycles. The van der Waals surface area contributed by atoms with E-state index in [9.17, 15) is 18.0 Å². The van der Waals surface area contributed by atoms with E-state index in [0.717, 1.165) is 0 Å². The van der Waals surface area contributed by atoms with Crippen LogP contribution >= 0.6 is 11.6 Å². The Kier molecular flexibility index (Phi) is 4.84. The van der Waals surface area contributed by atoms with E-state index >= 15 is 0 Å². The average molecular weight is 388 g/mol. The molecule has 0 aliphatic carbocycles. The molecule has 0 atom stereocenters. The van der Waals surface area contributed by atoms with Crippen molar-refractivity contribution in [1.82, 2.24) is 4.98 Å². The number of pyridine rings is 1. The van der Waals surface area contributed by atoms with Crippen LogP contribution in [0.1, 0.15) is 10.4 Å². The maximum atomic E-state index is 14.2. The number of amides is 1. The van der Waals surface area contributed by atoms with E-state index in [1.807, 2.05) is 5.92 Å². The van der Waals surface area contributed by atoms with Crippen LogP contribution in [0.5, 0.6) is 0 Å². The highest BCUT2D eigenvalue weighted by atomic mass is 35.5. The predicted octanol–water partition coefficient (Wildman–Crippen LogP) is 4.10. The topological polar surface area (TPSA) is 68.3 Å². The quantitative estimate of drug-likeness (QED) is 0.311. The number of benzene rings is 2. The maximum Gasteiger partial charge on any atom is 0.279 e. The van der Waals surface area contributed by atoms with E-state index < -0.39 is 23.4 Å². The number of amidine groups is 1. The molecule has 1 heterocycles. The van der Waals surface area contributed by atoms with Crippen molar-refractivity contribution in [2.24, 2.45) is 10.7 Å². The summed E-state index contributed by atoms with van der Waals surface area (Å²) in [6.45, 7) is 0. The molecule has 3 rings (SSSR count). The Bertz CT molecular complexity index is 1170. The smallest absolute Gasteiger partial charge is 0.279 e. The lowest BCUT2D eigenvalue weighted by atomic mass is 10.0. The lowest BCUT2D eigenvalue weighted by Gasteiger charge is -2.10. The van der Waals surface area contributed by atoms with Gasteiger partial charge in [0.2, 0.25) is 0 Å². The number of fused-ring (bicyclic) bond motifs is 1. The number of hydrogen-bond donors (Lipinski definition) is 1. The van der Waals surface area contributed by atoms with Gasteiger partial charge in [0.1, 0.15) is 5.82 Å². The molecule has 0 fully saturated rings. The zero-order valence-electron chi connectivity index (χ0n) is 13.4. The molecule has 2 aromatic carbocycles. The van der Waals surface area contributed by atoms with Gasteiger partial charge >= 0.3 is 0 Å². The zero-order chi connectivity index (χ0) is 19.7. The molecule has 0 radical (unpaired) electrons. The third-order valence-corrected chi connectivity index (χ3v) is 4.02. The SMILES string of the molecule is C#C/C(N)=N\C(=O)c1ccc2c(Cl)cnc(-c3cc(F)c(F)cc3F)c2c1. The fourth-order valence-electron chi connectivity index (χ4n) is 2.47. The number of carbonyl (C=O) groups is 1. The summed E-state index contributed by atoms with van der Waals surface area (Å²) in [6, 6.07) is 5.37. The number of nitrogens with zero attached hydrogens (tertiary/aromatic N) is 2. The molecule has 2 N–H and O–H groups in total. The molecule has 0 unspecified atom stereocenters. The molecule has 0 aliphatic heterocycles. The minimum absolute atomic E-state index is 0.0191. The van der Waals surface area contributed by atoms with Gasteiger partial charge < -0.3 is 5.73 Å². The fraction of sp³-hybridized carbons (Fsp3) is 0. The number of hydrogen-bond acceptors (Lipinski definition) is 2. The van der Waals surface area contributed by atoms with Crippen LogP contribution in [0.15, 0.2) is 41.5 Å². The normalized spacial score (nSPS) is 11.4. The van der Waals surface area contributed by atoms with Crippen molar-refractivity contribution in [2.45, 2.75) is 0 Å². The highest BCUT2D eigenvalue weighted by Gasteiger charge is 2.17. The summed E-state index contributed by atoms with van der Waals surface area (Å²) < 4.78 is 41.1. The van der Waals surface area contributed by atoms with Crippen LogP contribution in [0.3, 0.4) is 0 Å². The summed E-state index contributed by atoms with van der Waals surface area (Å²) in [6.07, 6.45) is 6.30.